The Morgan fingerprint density at radius 2 is 1.61 bits per heavy atom. The molecule has 1 aliphatic rings. The van der Waals surface area contributed by atoms with Crippen LogP contribution in [0.15, 0.2) is 0 Å². The number of piperidine rings is 1. The van der Waals surface area contributed by atoms with Crippen LogP contribution in [0.3, 0.4) is 0 Å². The van der Waals surface area contributed by atoms with E-state index in [2.05, 4.69) is 5.32 Å². The van der Waals surface area contributed by atoms with Crippen molar-refractivity contribution in [1.29, 1.82) is 0 Å². The van der Waals surface area contributed by atoms with Crippen LogP contribution >= 0.6 is 34.8 Å². The van der Waals surface area contributed by atoms with Crippen molar-refractivity contribution in [2.75, 3.05) is 13.1 Å². The molecule has 0 spiro atoms. The number of nitrogens with zero attached hydrogens (tertiary/aromatic N) is 1. The van der Waals surface area contributed by atoms with Crippen molar-refractivity contribution in [2.45, 2.75) is 50.0 Å². The number of likely N-dealkylation sites (tertiary alicyclic amines) is 1. The SMILES string of the molecule is CC(C)(C)C(=O)N[C@H](N1CCCCC1)C(Cl)(Cl)Cl. The lowest BCUT2D eigenvalue weighted by Crippen LogP contribution is -2.58. The minimum atomic E-state index is -1.52. The third-order valence-electron chi connectivity index (χ3n) is 3.01. The molecule has 1 atom stereocenters. The Hall–Kier alpha value is 0.300. The number of carbonyl (C=O) groups is 1. The number of hydrogen-bond donors (Lipinski definition) is 1. The first-order valence-corrected chi connectivity index (χ1v) is 7.37. The zero-order chi connectivity index (χ0) is 14.0. The highest BCUT2D eigenvalue weighted by Gasteiger charge is 2.40. The predicted molar refractivity (Wildman–Crippen MR) is 77.1 cm³/mol. The summed E-state index contributed by atoms with van der Waals surface area (Å²) in [5.41, 5.74) is -0.496. The van der Waals surface area contributed by atoms with Gasteiger partial charge in [-0.25, -0.2) is 0 Å². The Balaban J connectivity index is 2.76. The summed E-state index contributed by atoms with van der Waals surface area (Å²) in [5, 5.41) is 2.86. The molecule has 1 amide bonds. The molecule has 1 fully saturated rings. The average Bonchev–Trinajstić information content (AvgIpc) is 2.23. The average molecular weight is 316 g/mol. The number of nitrogens with one attached hydrogen (secondary N) is 1. The van der Waals surface area contributed by atoms with Crippen LogP contribution in [0.2, 0.25) is 0 Å². The number of halogens is 3. The summed E-state index contributed by atoms with van der Waals surface area (Å²) in [4.78, 5) is 14.1. The number of rotatable bonds is 2. The first-order chi connectivity index (χ1) is 8.12. The molecule has 1 N–H and O–H groups in total. The molecule has 106 valence electrons. The summed E-state index contributed by atoms with van der Waals surface area (Å²) in [6.45, 7) is 7.22. The standard InChI is InChI=1S/C12H21Cl3N2O/c1-11(2,3)10(18)16-9(12(13,14)15)17-7-5-4-6-8-17/h9H,4-8H2,1-3H3,(H,16,18)/t9-/m1/s1. The summed E-state index contributed by atoms with van der Waals surface area (Å²) in [6.07, 6.45) is 2.77. The Kier molecular flexibility index (Phi) is 5.60. The highest BCUT2D eigenvalue weighted by Crippen LogP contribution is 2.34. The predicted octanol–water partition coefficient (Wildman–Crippen LogP) is 3.33. The lowest BCUT2D eigenvalue weighted by atomic mass is 9.95. The zero-order valence-electron chi connectivity index (χ0n) is 11.1. The first kappa shape index (κ1) is 16.4. The van der Waals surface area contributed by atoms with Crippen molar-refractivity contribution in [3.05, 3.63) is 0 Å². The molecular formula is C12H21Cl3N2O. The maximum Gasteiger partial charge on any atom is 0.226 e. The summed E-state index contributed by atoms with van der Waals surface area (Å²) >= 11 is 18.0. The van der Waals surface area contributed by atoms with Gasteiger partial charge in [0.15, 0.2) is 0 Å². The van der Waals surface area contributed by atoms with E-state index in [1.54, 1.807) is 0 Å². The fourth-order valence-corrected chi connectivity index (χ4v) is 2.48. The second kappa shape index (κ2) is 6.17. The molecule has 0 aromatic rings. The lowest BCUT2D eigenvalue weighted by Gasteiger charge is -2.39. The van der Waals surface area contributed by atoms with Crippen molar-refractivity contribution < 1.29 is 4.79 Å². The third-order valence-corrected chi connectivity index (χ3v) is 3.63. The molecule has 3 nitrogen and oxygen atoms in total. The molecule has 0 unspecified atom stereocenters. The molecule has 0 saturated carbocycles. The lowest BCUT2D eigenvalue weighted by molar-refractivity contribution is -0.130. The Labute approximate surface area is 124 Å². The Morgan fingerprint density at radius 1 is 1.11 bits per heavy atom. The molecule has 6 heteroatoms. The van der Waals surface area contributed by atoms with Gasteiger partial charge in [0.2, 0.25) is 9.70 Å². The normalized spacial score (nSPS) is 20.6. The number of carbonyl (C=O) groups excluding carboxylic acids is 1. The molecule has 0 bridgehead atoms. The molecule has 0 aliphatic carbocycles. The van der Waals surface area contributed by atoms with Gasteiger partial charge in [-0.2, -0.15) is 0 Å². The minimum absolute atomic E-state index is 0.107. The second-order valence-corrected chi connectivity index (χ2v) is 8.13. The second-order valence-electron chi connectivity index (χ2n) is 5.76. The van der Waals surface area contributed by atoms with Crippen molar-refractivity contribution >= 4 is 40.7 Å². The van der Waals surface area contributed by atoms with E-state index < -0.39 is 15.4 Å². The maximum absolute atomic E-state index is 12.1. The third kappa shape index (κ3) is 4.76. The molecule has 0 aromatic carbocycles. The first-order valence-electron chi connectivity index (χ1n) is 6.24. The van der Waals surface area contributed by atoms with Gasteiger partial charge < -0.3 is 5.32 Å². The van der Waals surface area contributed by atoms with Crippen LogP contribution < -0.4 is 5.32 Å². The van der Waals surface area contributed by atoms with Crippen LogP contribution in [0.4, 0.5) is 0 Å². The quantitative estimate of drug-likeness (QED) is 0.793. The van der Waals surface area contributed by atoms with E-state index in [1.165, 1.54) is 6.42 Å². The van der Waals surface area contributed by atoms with E-state index in [0.717, 1.165) is 25.9 Å². The van der Waals surface area contributed by atoms with Crippen molar-refractivity contribution in [3.8, 4) is 0 Å². The smallest absolute Gasteiger partial charge is 0.226 e. The maximum atomic E-state index is 12.1. The number of alkyl halides is 3. The van der Waals surface area contributed by atoms with Gasteiger partial charge in [-0.3, -0.25) is 9.69 Å². The highest BCUT2D eigenvalue weighted by atomic mass is 35.6. The van der Waals surface area contributed by atoms with Crippen LogP contribution in [0, 0.1) is 5.41 Å². The zero-order valence-corrected chi connectivity index (χ0v) is 13.4. The van der Waals surface area contributed by atoms with Crippen LogP contribution in [-0.2, 0) is 4.79 Å². The fraction of sp³-hybridized carbons (Fsp3) is 0.917. The van der Waals surface area contributed by atoms with Gasteiger partial charge in [-0.1, -0.05) is 62.0 Å². The molecule has 0 aromatic heterocycles. The molecular weight excluding hydrogens is 295 g/mol. The van der Waals surface area contributed by atoms with E-state index in [9.17, 15) is 4.79 Å². The summed E-state index contributed by atoms with van der Waals surface area (Å²) < 4.78 is -1.52. The van der Waals surface area contributed by atoms with E-state index >= 15 is 0 Å². The van der Waals surface area contributed by atoms with Gasteiger partial charge in [-0.05, 0) is 12.8 Å². The Bertz CT molecular complexity index is 291. The highest BCUT2D eigenvalue weighted by molar-refractivity contribution is 6.68. The van der Waals surface area contributed by atoms with Crippen LogP contribution in [-0.4, -0.2) is 33.9 Å². The number of amides is 1. The van der Waals surface area contributed by atoms with Gasteiger partial charge in [0.1, 0.15) is 6.17 Å². The number of hydrogen-bond acceptors (Lipinski definition) is 2. The van der Waals surface area contributed by atoms with E-state index in [0.29, 0.717) is 0 Å². The largest absolute Gasteiger partial charge is 0.336 e. The van der Waals surface area contributed by atoms with Crippen molar-refractivity contribution in [2.24, 2.45) is 5.41 Å². The molecule has 1 saturated heterocycles. The van der Waals surface area contributed by atoms with Crippen LogP contribution in [0.1, 0.15) is 40.0 Å². The van der Waals surface area contributed by atoms with Crippen LogP contribution in [0.5, 0.6) is 0 Å². The summed E-state index contributed by atoms with van der Waals surface area (Å²) in [6, 6.07) is 0. The van der Waals surface area contributed by atoms with Gasteiger partial charge in [-0.15, -0.1) is 0 Å². The summed E-state index contributed by atoms with van der Waals surface area (Å²) in [5.74, 6) is -0.107. The van der Waals surface area contributed by atoms with Gasteiger partial charge in [0, 0.05) is 18.5 Å². The topological polar surface area (TPSA) is 32.3 Å². The van der Waals surface area contributed by atoms with Gasteiger partial charge in [0.25, 0.3) is 0 Å². The summed E-state index contributed by atoms with van der Waals surface area (Å²) in [7, 11) is 0. The molecule has 1 rings (SSSR count). The minimum Gasteiger partial charge on any atom is -0.336 e. The molecule has 1 aliphatic heterocycles. The fourth-order valence-electron chi connectivity index (χ4n) is 1.90. The van der Waals surface area contributed by atoms with E-state index in [1.807, 2.05) is 25.7 Å². The molecule has 18 heavy (non-hydrogen) atoms. The van der Waals surface area contributed by atoms with Crippen LogP contribution in [0.25, 0.3) is 0 Å². The van der Waals surface area contributed by atoms with Gasteiger partial charge in [0.05, 0.1) is 0 Å². The monoisotopic (exact) mass is 314 g/mol. The molecule has 0 radical (unpaired) electrons. The van der Waals surface area contributed by atoms with E-state index in [4.69, 9.17) is 34.8 Å². The van der Waals surface area contributed by atoms with E-state index in [-0.39, 0.29) is 5.91 Å². The van der Waals surface area contributed by atoms with Gasteiger partial charge >= 0.3 is 0 Å². The Morgan fingerprint density at radius 3 is 2.00 bits per heavy atom. The van der Waals surface area contributed by atoms with Crippen molar-refractivity contribution in [3.63, 3.8) is 0 Å². The molecule has 1 heterocycles. The van der Waals surface area contributed by atoms with Crippen molar-refractivity contribution in [1.82, 2.24) is 10.2 Å².